The molecule has 0 fully saturated rings. The molecule has 0 saturated heterocycles. The largest absolute Gasteiger partial charge is 0.504 e. The normalized spacial score (nSPS) is 10.2. The summed E-state index contributed by atoms with van der Waals surface area (Å²) in [5, 5.41) is 9.51. The van der Waals surface area contributed by atoms with Crippen molar-refractivity contribution in [2.45, 2.75) is 13.2 Å². The van der Waals surface area contributed by atoms with Gasteiger partial charge in [0.1, 0.15) is 6.61 Å². The molecule has 2 aromatic rings. The molecular weight excluding hydrogens is 216 g/mol. The van der Waals surface area contributed by atoms with E-state index in [2.05, 4.69) is 4.98 Å². The van der Waals surface area contributed by atoms with Gasteiger partial charge in [-0.15, -0.1) is 0 Å². The molecule has 17 heavy (non-hydrogen) atoms. The Morgan fingerprint density at radius 3 is 2.65 bits per heavy atom. The minimum absolute atomic E-state index is 0.138. The van der Waals surface area contributed by atoms with Gasteiger partial charge in [0.25, 0.3) is 0 Å². The zero-order valence-corrected chi connectivity index (χ0v) is 9.34. The summed E-state index contributed by atoms with van der Waals surface area (Å²) in [6.45, 7) is 0.802. The standard InChI is InChI=1S/C13H14N2O2/c14-7-11-6-5-10(8-15-11)9-17-13-4-2-1-3-12(13)16/h1-6,8,16H,7,9,14H2. The van der Waals surface area contributed by atoms with Crippen molar-refractivity contribution in [1.82, 2.24) is 4.98 Å². The lowest BCUT2D eigenvalue weighted by Crippen LogP contribution is -2.01. The van der Waals surface area contributed by atoms with Crippen molar-refractivity contribution in [2.24, 2.45) is 5.73 Å². The summed E-state index contributed by atoms with van der Waals surface area (Å²) in [7, 11) is 0. The SMILES string of the molecule is NCc1ccc(COc2ccccc2O)cn1. The predicted octanol–water partition coefficient (Wildman–Crippen LogP) is 1.82. The molecule has 0 aliphatic carbocycles. The highest BCUT2D eigenvalue weighted by molar-refractivity contribution is 5.38. The summed E-state index contributed by atoms with van der Waals surface area (Å²) in [4.78, 5) is 4.16. The molecule has 2 rings (SSSR count). The Bertz CT molecular complexity index is 483. The molecule has 0 aliphatic heterocycles. The highest BCUT2D eigenvalue weighted by atomic mass is 16.5. The summed E-state index contributed by atoms with van der Waals surface area (Å²) in [6.07, 6.45) is 1.72. The van der Waals surface area contributed by atoms with Gasteiger partial charge < -0.3 is 15.6 Å². The van der Waals surface area contributed by atoms with Crippen LogP contribution in [0.4, 0.5) is 0 Å². The van der Waals surface area contributed by atoms with E-state index in [1.54, 1.807) is 24.4 Å². The van der Waals surface area contributed by atoms with Gasteiger partial charge in [-0.1, -0.05) is 18.2 Å². The fraction of sp³-hybridized carbons (Fsp3) is 0.154. The Kier molecular flexibility index (Phi) is 3.57. The van der Waals surface area contributed by atoms with E-state index in [0.717, 1.165) is 11.3 Å². The Labute approximate surface area is 99.7 Å². The number of nitrogens with two attached hydrogens (primary N) is 1. The van der Waals surface area contributed by atoms with Crippen molar-refractivity contribution in [3.05, 3.63) is 53.9 Å². The molecule has 4 nitrogen and oxygen atoms in total. The molecule has 0 bridgehead atoms. The summed E-state index contributed by atoms with van der Waals surface area (Å²) in [5.41, 5.74) is 7.24. The van der Waals surface area contributed by atoms with Crippen molar-refractivity contribution in [3.63, 3.8) is 0 Å². The van der Waals surface area contributed by atoms with Crippen LogP contribution in [0.5, 0.6) is 11.5 Å². The van der Waals surface area contributed by atoms with Gasteiger partial charge in [0.15, 0.2) is 11.5 Å². The molecule has 3 N–H and O–H groups in total. The van der Waals surface area contributed by atoms with E-state index < -0.39 is 0 Å². The van der Waals surface area contributed by atoms with Crippen LogP contribution in [-0.2, 0) is 13.2 Å². The van der Waals surface area contributed by atoms with Gasteiger partial charge in [-0.05, 0) is 18.2 Å². The Morgan fingerprint density at radius 2 is 2.00 bits per heavy atom. The first-order chi connectivity index (χ1) is 8.29. The van der Waals surface area contributed by atoms with Gasteiger partial charge >= 0.3 is 0 Å². The molecule has 0 amide bonds. The number of hydrogen-bond donors (Lipinski definition) is 2. The average molecular weight is 230 g/mol. The number of ether oxygens (including phenoxy) is 1. The van der Waals surface area contributed by atoms with Crippen molar-refractivity contribution in [2.75, 3.05) is 0 Å². The van der Waals surface area contributed by atoms with Crippen LogP contribution < -0.4 is 10.5 Å². The zero-order chi connectivity index (χ0) is 12.1. The number of phenolic OH excluding ortho intramolecular Hbond substituents is 1. The quantitative estimate of drug-likeness (QED) is 0.840. The van der Waals surface area contributed by atoms with E-state index in [1.807, 2.05) is 18.2 Å². The number of para-hydroxylation sites is 2. The third kappa shape index (κ3) is 2.95. The van der Waals surface area contributed by atoms with E-state index >= 15 is 0 Å². The zero-order valence-electron chi connectivity index (χ0n) is 9.34. The highest BCUT2D eigenvalue weighted by Gasteiger charge is 2.01. The first-order valence-electron chi connectivity index (χ1n) is 5.34. The molecule has 0 unspecified atom stereocenters. The maximum atomic E-state index is 9.51. The lowest BCUT2D eigenvalue weighted by Gasteiger charge is -2.07. The van der Waals surface area contributed by atoms with E-state index in [1.165, 1.54) is 0 Å². The number of phenols is 1. The molecule has 0 spiro atoms. The van der Waals surface area contributed by atoms with Gasteiger partial charge in [-0.3, -0.25) is 4.98 Å². The first kappa shape index (κ1) is 11.4. The summed E-state index contributed by atoms with van der Waals surface area (Å²) in [5.74, 6) is 0.606. The number of hydrogen-bond acceptors (Lipinski definition) is 4. The van der Waals surface area contributed by atoms with E-state index in [4.69, 9.17) is 10.5 Å². The lowest BCUT2D eigenvalue weighted by molar-refractivity contribution is 0.288. The van der Waals surface area contributed by atoms with Gasteiger partial charge in [0.2, 0.25) is 0 Å². The van der Waals surface area contributed by atoms with Gasteiger partial charge in [0, 0.05) is 18.3 Å². The number of rotatable bonds is 4. The summed E-state index contributed by atoms with van der Waals surface area (Å²) >= 11 is 0. The Hall–Kier alpha value is -2.07. The maximum Gasteiger partial charge on any atom is 0.161 e. The second-order valence-electron chi connectivity index (χ2n) is 3.62. The van der Waals surface area contributed by atoms with Crippen LogP contribution in [0, 0.1) is 0 Å². The molecule has 0 aliphatic rings. The van der Waals surface area contributed by atoms with Crippen LogP contribution in [0.25, 0.3) is 0 Å². The van der Waals surface area contributed by atoms with Crippen LogP contribution >= 0.6 is 0 Å². The monoisotopic (exact) mass is 230 g/mol. The van der Waals surface area contributed by atoms with Crippen LogP contribution in [0.15, 0.2) is 42.6 Å². The van der Waals surface area contributed by atoms with Crippen molar-refractivity contribution in [1.29, 1.82) is 0 Å². The minimum atomic E-state index is 0.138. The maximum absolute atomic E-state index is 9.51. The highest BCUT2D eigenvalue weighted by Crippen LogP contribution is 2.25. The Balaban J connectivity index is 2.00. The number of benzene rings is 1. The fourth-order valence-corrected chi connectivity index (χ4v) is 1.40. The molecule has 88 valence electrons. The van der Waals surface area contributed by atoms with Crippen molar-refractivity contribution < 1.29 is 9.84 Å². The predicted molar refractivity (Wildman–Crippen MR) is 64.6 cm³/mol. The average Bonchev–Trinajstić information content (AvgIpc) is 2.38. The molecule has 1 aromatic carbocycles. The van der Waals surface area contributed by atoms with Crippen LogP contribution in [0.2, 0.25) is 0 Å². The van der Waals surface area contributed by atoms with Crippen LogP contribution in [-0.4, -0.2) is 10.1 Å². The number of aromatic hydroxyl groups is 1. The van der Waals surface area contributed by atoms with Crippen LogP contribution in [0.3, 0.4) is 0 Å². The molecule has 4 heteroatoms. The van der Waals surface area contributed by atoms with Crippen molar-refractivity contribution in [3.8, 4) is 11.5 Å². The number of aromatic nitrogens is 1. The summed E-state index contributed by atoms with van der Waals surface area (Å²) < 4.78 is 5.48. The second-order valence-corrected chi connectivity index (χ2v) is 3.62. The van der Waals surface area contributed by atoms with Gasteiger partial charge in [-0.2, -0.15) is 0 Å². The fourth-order valence-electron chi connectivity index (χ4n) is 1.40. The number of nitrogens with zero attached hydrogens (tertiary/aromatic N) is 1. The van der Waals surface area contributed by atoms with Crippen molar-refractivity contribution >= 4 is 0 Å². The van der Waals surface area contributed by atoms with E-state index in [-0.39, 0.29) is 5.75 Å². The molecule has 1 aromatic heterocycles. The molecule has 1 heterocycles. The molecule has 0 radical (unpaired) electrons. The van der Waals surface area contributed by atoms with E-state index in [0.29, 0.717) is 18.9 Å². The third-order valence-corrected chi connectivity index (χ3v) is 2.35. The second kappa shape index (κ2) is 5.32. The molecule has 0 saturated carbocycles. The first-order valence-corrected chi connectivity index (χ1v) is 5.34. The molecular formula is C13H14N2O2. The van der Waals surface area contributed by atoms with Gasteiger partial charge in [0.05, 0.1) is 5.69 Å². The smallest absolute Gasteiger partial charge is 0.161 e. The van der Waals surface area contributed by atoms with Crippen LogP contribution in [0.1, 0.15) is 11.3 Å². The third-order valence-electron chi connectivity index (χ3n) is 2.35. The Morgan fingerprint density at radius 1 is 1.18 bits per heavy atom. The topological polar surface area (TPSA) is 68.4 Å². The lowest BCUT2D eigenvalue weighted by atomic mass is 10.2. The minimum Gasteiger partial charge on any atom is -0.504 e. The van der Waals surface area contributed by atoms with Gasteiger partial charge in [-0.25, -0.2) is 0 Å². The number of pyridine rings is 1. The summed E-state index contributed by atoms with van der Waals surface area (Å²) in [6, 6.07) is 10.6. The van der Waals surface area contributed by atoms with E-state index in [9.17, 15) is 5.11 Å². The molecule has 0 atom stereocenters.